The van der Waals surface area contributed by atoms with Gasteiger partial charge in [0, 0.05) is 24.4 Å². The van der Waals surface area contributed by atoms with Crippen molar-refractivity contribution in [1.82, 2.24) is 10.3 Å². The molecule has 2 amide bonds. The van der Waals surface area contributed by atoms with E-state index in [1.807, 2.05) is 19.2 Å². The second-order valence-corrected chi connectivity index (χ2v) is 8.23. The zero-order valence-corrected chi connectivity index (χ0v) is 16.1. The standard InChI is InChI=1S/C18H29N3O3S/c1-12(2)16(24)21-17-20-14(10-25-17)9-15(23)19-11-18(6-4-7-18)13(3)5-8-22/h10,12-13,22H,4-9,11H2,1-3H3,(H,19,23)(H,20,21,24). The zero-order chi connectivity index (χ0) is 18.4. The number of hydrogen-bond acceptors (Lipinski definition) is 5. The predicted molar refractivity (Wildman–Crippen MR) is 99.4 cm³/mol. The van der Waals surface area contributed by atoms with Gasteiger partial charge in [0.2, 0.25) is 11.8 Å². The SMILES string of the molecule is CC(C)C(=O)Nc1nc(CC(=O)NCC2(C(C)CCO)CCC2)cs1. The molecule has 1 unspecified atom stereocenters. The van der Waals surface area contributed by atoms with Crippen molar-refractivity contribution in [3.05, 3.63) is 11.1 Å². The molecule has 1 fully saturated rings. The first-order valence-electron chi connectivity index (χ1n) is 8.99. The maximum Gasteiger partial charge on any atom is 0.228 e. The minimum Gasteiger partial charge on any atom is -0.396 e. The summed E-state index contributed by atoms with van der Waals surface area (Å²) in [5.41, 5.74) is 0.810. The minimum absolute atomic E-state index is 0.0468. The number of thiazole rings is 1. The van der Waals surface area contributed by atoms with Gasteiger partial charge < -0.3 is 15.7 Å². The Morgan fingerprint density at radius 3 is 2.64 bits per heavy atom. The van der Waals surface area contributed by atoms with E-state index in [1.54, 1.807) is 0 Å². The quantitative estimate of drug-likeness (QED) is 0.626. The molecule has 2 rings (SSSR count). The smallest absolute Gasteiger partial charge is 0.228 e. The number of amides is 2. The van der Waals surface area contributed by atoms with Crippen LogP contribution < -0.4 is 10.6 Å². The highest BCUT2D eigenvalue weighted by Gasteiger charge is 2.41. The van der Waals surface area contributed by atoms with E-state index in [0.29, 0.717) is 23.3 Å². The lowest BCUT2D eigenvalue weighted by Gasteiger charge is -2.47. The van der Waals surface area contributed by atoms with Crippen LogP contribution in [0.4, 0.5) is 5.13 Å². The molecule has 3 N–H and O–H groups in total. The first kappa shape index (κ1) is 19.8. The summed E-state index contributed by atoms with van der Waals surface area (Å²) in [4.78, 5) is 28.2. The normalized spacial score (nSPS) is 17.0. The van der Waals surface area contributed by atoms with E-state index in [9.17, 15) is 9.59 Å². The van der Waals surface area contributed by atoms with Crippen LogP contribution in [0.5, 0.6) is 0 Å². The first-order chi connectivity index (χ1) is 11.9. The largest absolute Gasteiger partial charge is 0.396 e. The van der Waals surface area contributed by atoms with Gasteiger partial charge in [0.15, 0.2) is 5.13 Å². The molecule has 1 atom stereocenters. The number of aromatic nitrogens is 1. The van der Waals surface area contributed by atoms with Crippen molar-refractivity contribution < 1.29 is 14.7 Å². The number of carbonyl (C=O) groups excluding carboxylic acids is 2. The van der Waals surface area contributed by atoms with Gasteiger partial charge in [-0.15, -0.1) is 11.3 Å². The van der Waals surface area contributed by atoms with Gasteiger partial charge in [-0.1, -0.05) is 27.2 Å². The zero-order valence-electron chi connectivity index (χ0n) is 15.3. The Morgan fingerprint density at radius 1 is 1.36 bits per heavy atom. The number of rotatable bonds is 9. The Bertz CT molecular complexity index is 596. The minimum atomic E-state index is -0.102. The number of nitrogens with one attached hydrogen (secondary N) is 2. The molecule has 7 heteroatoms. The molecule has 140 valence electrons. The summed E-state index contributed by atoms with van der Waals surface area (Å²) >= 11 is 1.34. The van der Waals surface area contributed by atoms with E-state index >= 15 is 0 Å². The van der Waals surface area contributed by atoms with E-state index in [1.165, 1.54) is 17.8 Å². The first-order valence-corrected chi connectivity index (χ1v) is 9.87. The molecule has 0 spiro atoms. The van der Waals surface area contributed by atoms with Gasteiger partial charge in [-0.2, -0.15) is 0 Å². The average molecular weight is 368 g/mol. The van der Waals surface area contributed by atoms with Gasteiger partial charge in [-0.05, 0) is 30.6 Å². The van der Waals surface area contributed by atoms with Crippen molar-refractivity contribution in [3.8, 4) is 0 Å². The van der Waals surface area contributed by atoms with Crippen molar-refractivity contribution in [1.29, 1.82) is 0 Å². The second-order valence-electron chi connectivity index (χ2n) is 7.37. The lowest BCUT2D eigenvalue weighted by molar-refractivity contribution is -0.122. The van der Waals surface area contributed by atoms with Gasteiger partial charge in [0.25, 0.3) is 0 Å². The number of aliphatic hydroxyl groups is 1. The third kappa shape index (κ3) is 5.25. The van der Waals surface area contributed by atoms with Crippen LogP contribution in [0, 0.1) is 17.3 Å². The van der Waals surface area contributed by atoms with E-state index in [4.69, 9.17) is 5.11 Å². The molecule has 1 aliphatic carbocycles. The molecular formula is C18H29N3O3S. The summed E-state index contributed by atoms with van der Waals surface area (Å²) in [5, 5.41) is 17.3. The molecule has 1 heterocycles. The number of aliphatic hydroxyl groups excluding tert-OH is 1. The Morgan fingerprint density at radius 2 is 2.08 bits per heavy atom. The van der Waals surface area contributed by atoms with E-state index in [-0.39, 0.29) is 36.2 Å². The van der Waals surface area contributed by atoms with E-state index in [0.717, 1.165) is 19.3 Å². The van der Waals surface area contributed by atoms with Crippen LogP contribution in [-0.4, -0.2) is 35.1 Å². The van der Waals surface area contributed by atoms with Crippen molar-refractivity contribution in [2.24, 2.45) is 17.3 Å². The third-order valence-corrected chi connectivity index (χ3v) is 6.05. The summed E-state index contributed by atoms with van der Waals surface area (Å²) in [7, 11) is 0. The average Bonchev–Trinajstić information content (AvgIpc) is 2.93. The monoisotopic (exact) mass is 367 g/mol. The molecule has 0 aromatic carbocycles. The van der Waals surface area contributed by atoms with E-state index in [2.05, 4.69) is 22.5 Å². The number of anilines is 1. The molecule has 0 radical (unpaired) electrons. The highest BCUT2D eigenvalue weighted by atomic mass is 32.1. The van der Waals surface area contributed by atoms with Crippen molar-refractivity contribution in [2.45, 2.75) is 52.9 Å². The Balaban J connectivity index is 1.82. The summed E-state index contributed by atoms with van der Waals surface area (Å²) in [6, 6.07) is 0. The number of nitrogens with zero attached hydrogens (tertiary/aromatic N) is 1. The lowest BCUT2D eigenvalue weighted by atomic mass is 9.60. The molecule has 1 aliphatic rings. The fourth-order valence-corrected chi connectivity index (χ4v) is 3.88. The molecule has 25 heavy (non-hydrogen) atoms. The van der Waals surface area contributed by atoms with Crippen LogP contribution >= 0.6 is 11.3 Å². The Kier molecular flexibility index (Phi) is 6.95. The molecule has 1 aromatic heterocycles. The highest BCUT2D eigenvalue weighted by Crippen LogP contribution is 2.47. The molecule has 1 saturated carbocycles. The molecule has 0 aliphatic heterocycles. The van der Waals surface area contributed by atoms with Crippen LogP contribution in [0.25, 0.3) is 0 Å². The summed E-state index contributed by atoms with van der Waals surface area (Å²) in [6.45, 7) is 6.66. The maximum absolute atomic E-state index is 12.2. The summed E-state index contributed by atoms with van der Waals surface area (Å²) in [6.07, 6.45) is 4.41. The van der Waals surface area contributed by atoms with Gasteiger partial charge in [0.1, 0.15) is 0 Å². The van der Waals surface area contributed by atoms with Gasteiger partial charge in [0.05, 0.1) is 12.1 Å². The van der Waals surface area contributed by atoms with Crippen LogP contribution in [0.1, 0.15) is 52.1 Å². The van der Waals surface area contributed by atoms with Gasteiger partial charge in [-0.25, -0.2) is 4.98 Å². The highest BCUT2D eigenvalue weighted by molar-refractivity contribution is 7.13. The van der Waals surface area contributed by atoms with E-state index < -0.39 is 0 Å². The summed E-state index contributed by atoms with van der Waals surface area (Å²) < 4.78 is 0. The lowest BCUT2D eigenvalue weighted by Crippen LogP contribution is -2.46. The van der Waals surface area contributed by atoms with Crippen molar-refractivity contribution >= 4 is 28.3 Å². The molecule has 1 aromatic rings. The van der Waals surface area contributed by atoms with Crippen LogP contribution in [-0.2, 0) is 16.0 Å². The summed E-state index contributed by atoms with van der Waals surface area (Å²) in [5.74, 6) is 0.184. The van der Waals surface area contributed by atoms with Crippen molar-refractivity contribution in [2.75, 3.05) is 18.5 Å². The third-order valence-electron chi connectivity index (χ3n) is 5.24. The van der Waals surface area contributed by atoms with Gasteiger partial charge in [-0.3, -0.25) is 9.59 Å². The fraction of sp³-hybridized carbons (Fsp3) is 0.722. The Labute approximate surface area is 153 Å². The molecular weight excluding hydrogens is 338 g/mol. The number of carbonyl (C=O) groups is 2. The maximum atomic E-state index is 12.2. The number of hydrogen-bond donors (Lipinski definition) is 3. The van der Waals surface area contributed by atoms with Crippen LogP contribution in [0.15, 0.2) is 5.38 Å². The fourth-order valence-electron chi connectivity index (χ4n) is 3.17. The second kappa shape index (κ2) is 8.76. The van der Waals surface area contributed by atoms with Crippen molar-refractivity contribution in [3.63, 3.8) is 0 Å². The molecule has 6 nitrogen and oxygen atoms in total. The molecule has 0 saturated heterocycles. The van der Waals surface area contributed by atoms with Crippen LogP contribution in [0.2, 0.25) is 0 Å². The Hall–Kier alpha value is -1.47. The van der Waals surface area contributed by atoms with Gasteiger partial charge >= 0.3 is 0 Å². The van der Waals surface area contributed by atoms with Crippen LogP contribution in [0.3, 0.4) is 0 Å². The predicted octanol–water partition coefficient (Wildman–Crippen LogP) is 2.59. The topological polar surface area (TPSA) is 91.3 Å². The molecule has 0 bridgehead atoms.